The summed E-state index contributed by atoms with van der Waals surface area (Å²) in [5, 5.41) is 6.24. The van der Waals surface area contributed by atoms with E-state index >= 15 is 0 Å². The molecule has 2 aromatic rings. The van der Waals surface area contributed by atoms with Gasteiger partial charge in [0.2, 0.25) is 0 Å². The minimum absolute atomic E-state index is 0.209. The quantitative estimate of drug-likeness (QED) is 0.887. The summed E-state index contributed by atoms with van der Waals surface area (Å²) >= 11 is 11.9. The van der Waals surface area contributed by atoms with Crippen molar-refractivity contribution in [2.24, 2.45) is 0 Å². The molecule has 0 unspecified atom stereocenters. The number of amides is 1. The van der Waals surface area contributed by atoms with Crippen molar-refractivity contribution in [3.8, 4) is 0 Å². The molecule has 0 saturated carbocycles. The van der Waals surface area contributed by atoms with E-state index in [1.54, 1.807) is 30.3 Å². The van der Waals surface area contributed by atoms with Gasteiger partial charge in [-0.3, -0.25) is 4.79 Å². The van der Waals surface area contributed by atoms with E-state index in [-0.39, 0.29) is 18.3 Å². The molecule has 0 heterocycles. The molecule has 0 fully saturated rings. The molecule has 0 spiro atoms. The van der Waals surface area contributed by atoms with Gasteiger partial charge < -0.3 is 10.6 Å². The first-order valence-corrected chi connectivity index (χ1v) is 6.97. The van der Waals surface area contributed by atoms with Crippen molar-refractivity contribution in [2.45, 2.75) is 6.54 Å². The number of anilines is 1. The van der Waals surface area contributed by atoms with Gasteiger partial charge in [0.1, 0.15) is 5.82 Å². The molecule has 0 aliphatic carbocycles. The highest BCUT2D eigenvalue weighted by molar-refractivity contribution is 6.34. The zero-order valence-corrected chi connectivity index (χ0v) is 12.7. The fraction of sp³-hybridized carbons (Fsp3) is 0.133. The lowest BCUT2D eigenvalue weighted by atomic mass is 10.1. The predicted octanol–water partition coefficient (Wildman–Crippen LogP) is 4.10. The van der Waals surface area contributed by atoms with Crippen LogP contribution in [0.25, 0.3) is 0 Å². The Morgan fingerprint density at radius 1 is 1.19 bits per heavy atom. The van der Waals surface area contributed by atoms with E-state index < -0.39 is 0 Å². The summed E-state index contributed by atoms with van der Waals surface area (Å²) in [5.74, 6) is -0.664. The largest absolute Gasteiger partial charge is 0.381 e. The average molecular weight is 327 g/mol. The molecule has 2 N–H and O–H groups in total. The molecule has 0 aliphatic rings. The third-order valence-electron chi connectivity index (χ3n) is 2.97. The van der Waals surface area contributed by atoms with Gasteiger partial charge in [-0.1, -0.05) is 29.3 Å². The van der Waals surface area contributed by atoms with Gasteiger partial charge in [-0.15, -0.1) is 0 Å². The van der Waals surface area contributed by atoms with Gasteiger partial charge in [-0.05, 0) is 30.3 Å². The minimum atomic E-state index is -0.379. The molecule has 0 bridgehead atoms. The molecule has 0 saturated heterocycles. The van der Waals surface area contributed by atoms with Crippen molar-refractivity contribution in [1.29, 1.82) is 0 Å². The summed E-state index contributed by atoms with van der Waals surface area (Å²) in [6.07, 6.45) is 0. The number of nitrogens with one attached hydrogen (secondary N) is 2. The molecular weight excluding hydrogens is 314 g/mol. The van der Waals surface area contributed by atoms with Crippen molar-refractivity contribution in [3.63, 3.8) is 0 Å². The summed E-state index contributed by atoms with van der Waals surface area (Å²) in [4.78, 5) is 11.7. The lowest BCUT2D eigenvalue weighted by molar-refractivity contribution is 0.0963. The van der Waals surface area contributed by atoms with E-state index in [1.807, 2.05) is 0 Å². The van der Waals surface area contributed by atoms with Gasteiger partial charge in [0.15, 0.2) is 0 Å². The van der Waals surface area contributed by atoms with Crippen molar-refractivity contribution in [1.82, 2.24) is 5.32 Å². The van der Waals surface area contributed by atoms with E-state index in [4.69, 9.17) is 23.2 Å². The predicted molar refractivity (Wildman–Crippen MR) is 83.6 cm³/mol. The van der Waals surface area contributed by atoms with Crippen LogP contribution in [0.3, 0.4) is 0 Å². The first-order valence-electron chi connectivity index (χ1n) is 6.21. The van der Waals surface area contributed by atoms with E-state index in [2.05, 4.69) is 10.6 Å². The fourth-order valence-electron chi connectivity index (χ4n) is 1.84. The molecule has 0 aromatic heterocycles. The first kappa shape index (κ1) is 15.6. The molecule has 110 valence electrons. The number of halogens is 3. The number of rotatable bonds is 4. The van der Waals surface area contributed by atoms with Crippen LogP contribution in [0.2, 0.25) is 10.0 Å². The molecule has 0 radical (unpaired) electrons. The molecule has 1 amide bonds. The van der Waals surface area contributed by atoms with Crippen molar-refractivity contribution in [3.05, 3.63) is 63.4 Å². The highest BCUT2D eigenvalue weighted by Gasteiger charge is 2.11. The molecule has 21 heavy (non-hydrogen) atoms. The number of carbonyl (C=O) groups excluding carboxylic acids is 1. The van der Waals surface area contributed by atoms with Crippen LogP contribution in [0, 0.1) is 5.82 Å². The summed E-state index contributed by atoms with van der Waals surface area (Å²) in [6, 6.07) is 9.45. The van der Waals surface area contributed by atoms with Gasteiger partial charge >= 0.3 is 0 Å². The maximum atomic E-state index is 13.7. The Hall–Kier alpha value is -1.78. The zero-order valence-electron chi connectivity index (χ0n) is 11.2. The summed E-state index contributed by atoms with van der Waals surface area (Å²) < 4.78 is 13.7. The second kappa shape index (κ2) is 6.78. The maximum Gasteiger partial charge on any atom is 0.252 e. The Labute approximate surface area is 132 Å². The highest BCUT2D eigenvalue weighted by atomic mass is 35.5. The monoisotopic (exact) mass is 326 g/mol. The van der Waals surface area contributed by atoms with E-state index in [9.17, 15) is 9.18 Å². The Bertz CT molecular complexity index is 656. The van der Waals surface area contributed by atoms with Crippen molar-refractivity contribution >= 4 is 34.8 Å². The molecule has 0 aliphatic heterocycles. The van der Waals surface area contributed by atoms with Crippen molar-refractivity contribution < 1.29 is 9.18 Å². The Balaban J connectivity index is 2.19. The minimum Gasteiger partial charge on any atom is -0.381 e. The number of hydrogen-bond acceptors (Lipinski definition) is 2. The van der Waals surface area contributed by atoms with Crippen LogP contribution in [-0.2, 0) is 6.54 Å². The SMILES string of the molecule is CNC(=O)c1cc(NCc2c(F)cccc2Cl)ccc1Cl. The first-order chi connectivity index (χ1) is 10.0. The Kier molecular flexibility index (Phi) is 5.04. The molecule has 2 rings (SSSR count). The third kappa shape index (κ3) is 3.65. The van der Waals surface area contributed by atoms with E-state index in [0.717, 1.165) is 0 Å². The standard InChI is InChI=1S/C15H13Cl2FN2O/c1-19-15(21)10-7-9(5-6-13(10)17)20-8-11-12(16)3-2-4-14(11)18/h2-7,20H,8H2,1H3,(H,19,21). The second-order valence-corrected chi connectivity index (χ2v) is 5.14. The number of carbonyl (C=O) groups is 1. The van der Waals surface area contributed by atoms with Crippen LogP contribution in [0.5, 0.6) is 0 Å². The Morgan fingerprint density at radius 3 is 2.62 bits per heavy atom. The van der Waals surface area contributed by atoms with Crippen LogP contribution in [-0.4, -0.2) is 13.0 Å². The molecule has 2 aromatic carbocycles. The summed E-state index contributed by atoms with van der Waals surface area (Å²) in [5.41, 5.74) is 1.37. The van der Waals surface area contributed by atoms with Gasteiger partial charge in [-0.25, -0.2) is 4.39 Å². The van der Waals surface area contributed by atoms with Gasteiger partial charge in [0.05, 0.1) is 10.6 Å². The average Bonchev–Trinajstić information content (AvgIpc) is 2.47. The molecule has 3 nitrogen and oxygen atoms in total. The smallest absolute Gasteiger partial charge is 0.252 e. The van der Waals surface area contributed by atoms with Crippen LogP contribution in [0.1, 0.15) is 15.9 Å². The van der Waals surface area contributed by atoms with Gasteiger partial charge in [0, 0.05) is 29.9 Å². The van der Waals surface area contributed by atoms with E-state index in [1.165, 1.54) is 13.1 Å². The van der Waals surface area contributed by atoms with Crippen molar-refractivity contribution in [2.75, 3.05) is 12.4 Å². The van der Waals surface area contributed by atoms with Gasteiger partial charge in [-0.2, -0.15) is 0 Å². The topological polar surface area (TPSA) is 41.1 Å². The summed E-state index contributed by atoms with van der Waals surface area (Å²) in [7, 11) is 1.53. The van der Waals surface area contributed by atoms with Crippen LogP contribution in [0.4, 0.5) is 10.1 Å². The van der Waals surface area contributed by atoms with Crippen LogP contribution < -0.4 is 10.6 Å². The third-order valence-corrected chi connectivity index (χ3v) is 3.65. The molecular formula is C15H13Cl2FN2O. The zero-order chi connectivity index (χ0) is 15.4. The summed E-state index contributed by atoms with van der Waals surface area (Å²) in [6.45, 7) is 0.209. The second-order valence-electron chi connectivity index (χ2n) is 4.33. The van der Waals surface area contributed by atoms with Crippen LogP contribution >= 0.6 is 23.2 Å². The van der Waals surface area contributed by atoms with E-state index in [0.29, 0.717) is 26.9 Å². The number of benzene rings is 2. The normalized spacial score (nSPS) is 10.3. The fourth-order valence-corrected chi connectivity index (χ4v) is 2.27. The number of hydrogen-bond donors (Lipinski definition) is 2. The highest BCUT2D eigenvalue weighted by Crippen LogP contribution is 2.23. The lowest BCUT2D eigenvalue weighted by Gasteiger charge is -2.11. The van der Waals surface area contributed by atoms with Gasteiger partial charge in [0.25, 0.3) is 5.91 Å². The lowest BCUT2D eigenvalue weighted by Crippen LogP contribution is -2.18. The Morgan fingerprint density at radius 2 is 1.95 bits per heavy atom. The molecule has 0 atom stereocenters. The maximum absolute atomic E-state index is 13.7. The molecule has 6 heteroatoms. The van der Waals surface area contributed by atoms with Crippen LogP contribution in [0.15, 0.2) is 36.4 Å².